The van der Waals surface area contributed by atoms with E-state index in [-0.39, 0.29) is 4.90 Å². The van der Waals surface area contributed by atoms with Gasteiger partial charge in [0.05, 0.1) is 23.9 Å². The summed E-state index contributed by atoms with van der Waals surface area (Å²) in [5.74, 6) is 0.410. The number of sulfonamides is 1. The summed E-state index contributed by atoms with van der Waals surface area (Å²) < 4.78 is 32.6. The maximum Gasteiger partial charge on any atom is 0.242 e. The first-order valence-corrected chi connectivity index (χ1v) is 8.77. The number of nitrogens with zero attached hydrogens (tertiary/aromatic N) is 4. The molecule has 0 aliphatic carbocycles. The second kappa shape index (κ2) is 6.04. The number of fused-ring (bicyclic) bond motifs is 1. The number of hydrogen-bond acceptors (Lipinski definition) is 5. The fourth-order valence-corrected chi connectivity index (χ4v) is 3.30. The third-order valence-corrected chi connectivity index (χ3v) is 5.53. The van der Waals surface area contributed by atoms with Gasteiger partial charge in [0.25, 0.3) is 0 Å². The largest absolute Gasteiger partial charge is 0.496 e. The van der Waals surface area contributed by atoms with E-state index in [0.29, 0.717) is 27.8 Å². The van der Waals surface area contributed by atoms with Gasteiger partial charge in [-0.2, -0.15) is 5.10 Å². The number of ether oxygens (including phenoxy) is 1. The summed E-state index contributed by atoms with van der Waals surface area (Å²) in [5, 5.41) is 4.49. The zero-order valence-corrected chi connectivity index (χ0v) is 14.8. The van der Waals surface area contributed by atoms with Gasteiger partial charge in [-0.05, 0) is 24.3 Å². The van der Waals surface area contributed by atoms with Gasteiger partial charge in [-0.15, -0.1) is 0 Å². The topological polar surface area (TPSA) is 76.8 Å². The van der Waals surface area contributed by atoms with Gasteiger partial charge >= 0.3 is 0 Å². The Morgan fingerprint density at radius 1 is 1.21 bits per heavy atom. The SMILES string of the molecule is COc1cc(S(=O)(=O)N(C)C)ccc1-c1cn2nc(Cl)ccc2n1. The summed E-state index contributed by atoms with van der Waals surface area (Å²) in [7, 11) is 0.900. The summed E-state index contributed by atoms with van der Waals surface area (Å²) in [6, 6.07) is 8.07. The van der Waals surface area contributed by atoms with Gasteiger partial charge in [-0.1, -0.05) is 11.6 Å². The monoisotopic (exact) mass is 366 g/mol. The van der Waals surface area contributed by atoms with Crippen molar-refractivity contribution >= 4 is 27.3 Å². The molecule has 3 rings (SSSR count). The van der Waals surface area contributed by atoms with Crippen molar-refractivity contribution in [2.45, 2.75) is 4.90 Å². The van der Waals surface area contributed by atoms with E-state index in [2.05, 4.69) is 10.1 Å². The van der Waals surface area contributed by atoms with Crippen LogP contribution in [0.2, 0.25) is 5.15 Å². The molecule has 0 amide bonds. The molecule has 0 radical (unpaired) electrons. The van der Waals surface area contributed by atoms with E-state index in [9.17, 15) is 8.42 Å². The molecule has 0 aliphatic rings. The van der Waals surface area contributed by atoms with E-state index in [0.717, 1.165) is 4.31 Å². The summed E-state index contributed by atoms with van der Waals surface area (Å²) >= 11 is 5.88. The number of aromatic nitrogens is 3. The highest BCUT2D eigenvalue weighted by molar-refractivity contribution is 7.89. The van der Waals surface area contributed by atoms with E-state index >= 15 is 0 Å². The number of imidazole rings is 1. The maximum absolute atomic E-state index is 12.3. The lowest BCUT2D eigenvalue weighted by atomic mass is 10.1. The zero-order valence-electron chi connectivity index (χ0n) is 13.3. The molecule has 3 aromatic rings. The van der Waals surface area contributed by atoms with Crippen molar-refractivity contribution in [1.29, 1.82) is 0 Å². The van der Waals surface area contributed by atoms with Crippen LogP contribution >= 0.6 is 11.6 Å². The highest BCUT2D eigenvalue weighted by Gasteiger charge is 2.20. The summed E-state index contributed by atoms with van der Waals surface area (Å²) in [6.45, 7) is 0. The van der Waals surface area contributed by atoms with Crippen molar-refractivity contribution in [3.8, 4) is 17.0 Å². The van der Waals surface area contributed by atoms with Crippen LogP contribution in [0.1, 0.15) is 0 Å². The van der Waals surface area contributed by atoms with Crippen LogP contribution in [0.25, 0.3) is 16.9 Å². The number of rotatable bonds is 4. The molecule has 0 fully saturated rings. The molecule has 9 heteroatoms. The molecule has 126 valence electrons. The Kier molecular flexibility index (Phi) is 4.20. The van der Waals surface area contributed by atoms with Crippen molar-refractivity contribution in [2.24, 2.45) is 0 Å². The summed E-state index contributed by atoms with van der Waals surface area (Å²) in [4.78, 5) is 4.61. The van der Waals surface area contributed by atoms with Crippen molar-refractivity contribution in [2.75, 3.05) is 21.2 Å². The standard InChI is InChI=1S/C15H15ClN4O3S/c1-19(2)24(21,22)10-4-5-11(13(8-10)23-3)12-9-20-15(17-12)7-6-14(16)18-20/h4-9H,1-3H3. The summed E-state index contributed by atoms with van der Waals surface area (Å²) in [6.07, 6.45) is 1.71. The van der Waals surface area contributed by atoms with E-state index in [1.807, 2.05) is 0 Å². The molecule has 2 aromatic heterocycles. The van der Waals surface area contributed by atoms with E-state index in [1.54, 1.807) is 28.9 Å². The Labute approximate surface area is 144 Å². The van der Waals surface area contributed by atoms with Gasteiger partial charge in [-0.3, -0.25) is 0 Å². The van der Waals surface area contributed by atoms with Crippen LogP contribution in [-0.4, -0.2) is 48.5 Å². The van der Waals surface area contributed by atoms with Crippen LogP contribution in [0.15, 0.2) is 41.4 Å². The minimum atomic E-state index is -3.54. The fraction of sp³-hybridized carbons (Fsp3) is 0.200. The van der Waals surface area contributed by atoms with E-state index < -0.39 is 10.0 Å². The highest BCUT2D eigenvalue weighted by Crippen LogP contribution is 2.32. The molecule has 7 nitrogen and oxygen atoms in total. The lowest BCUT2D eigenvalue weighted by molar-refractivity contribution is 0.414. The van der Waals surface area contributed by atoms with Gasteiger partial charge < -0.3 is 4.74 Å². The average Bonchev–Trinajstić information content (AvgIpc) is 2.96. The Morgan fingerprint density at radius 3 is 2.62 bits per heavy atom. The molecule has 0 spiro atoms. The first-order chi connectivity index (χ1) is 11.3. The van der Waals surface area contributed by atoms with Gasteiger partial charge in [0.2, 0.25) is 10.0 Å². The van der Waals surface area contributed by atoms with Crippen LogP contribution in [-0.2, 0) is 10.0 Å². The van der Waals surface area contributed by atoms with Gasteiger partial charge in [-0.25, -0.2) is 22.2 Å². The minimum Gasteiger partial charge on any atom is -0.496 e. The number of hydrogen-bond donors (Lipinski definition) is 0. The lowest BCUT2D eigenvalue weighted by Crippen LogP contribution is -2.22. The van der Waals surface area contributed by atoms with Crippen molar-refractivity contribution in [3.63, 3.8) is 0 Å². The Morgan fingerprint density at radius 2 is 1.96 bits per heavy atom. The van der Waals surface area contributed by atoms with E-state index in [4.69, 9.17) is 16.3 Å². The quantitative estimate of drug-likeness (QED) is 0.708. The second-order valence-electron chi connectivity index (χ2n) is 5.23. The molecule has 0 saturated heterocycles. The van der Waals surface area contributed by atoms with Crippen LogP contribution in [0.4, 0.5) is 0 Å². The predicted octanol–water partition coefficient (Wildman–Crippen LogP) is 2.31. The Hall–Kier alpha value is -2.16. The molecule has 2 heterocycles. The number of benzene rings is 1. The fourth-order valence-electron chi connectivity index (χ4n) is 2.24. The minimum absolute atomic E-state index is 0.151. The Bertz CT molecular complexity index is 1010. The average molecular weight is 367 g/mol. The van der Waals surface area contributed by atoms with Crippen LogP contribution in [0.5, 0.6) is 5.75 Å². The molecule has 0 aliphatic heterocycles. The van der Waals surface area contributed by atoms with Gasteiger partial charge in [0.1, 0.15) is 10.9 Å². The van der Waals surface area contributed by atoms with Crippen LogP contribution in [0.3, 0.4) is 0 Å². The van der Waals surface area contributed by atoms with Gasteiger partial charge in [0, 0.05) is 25.7 Å². The van der Waals surface area contributed by atoms with Gasteiger partial charge in [0.15, 0.2) is 5.65 Å². The maximum atomic E-state index is 12.3. The molecule has 1 aromatic carbocycles. The van der Waals surface area contributed by atoms with Crippen molar-refractivity contribution in [1.82, 2.24) is 18.9 Å². The first-order valence-electron chi connectivity index (χ1n) is 6.96. The zero-order chi connectivity index (χ0) is 17.5. The molecule has 0 N–H and O–H groups in total. The van der Waals surface area contributed by atoms with Crippen LogP contribution < -0.4 is 4.74 Å². The highest BCUT2D eigenvalue weighted by atomic mass is 35.5. The smallest absolute Gasteiger partial charge is 0.242 e. The second-order valence-corrected chi connectivity index (χ2v) is 7.77. The molecule has 0 saturated carbocycles. The van der Waals surface area contributed by atoms with Crippen molar-refractivity contribution < 1.29 is 13.2 Å². The molecule has 0 unspecified atom stereocenters. The molecule has 24 heavy (non-hydrogen) atoms. The molecular weight excluding hydrogens is 352 g/mol. The number of methoxy groups -OCH3 is 1. The third-order valence-electron chi connectivity index (χ3n) is 3.52. The molecule has 0 bridgehead atoms. The van der Waals surface area contributed by atoms with E-state index in [1.165, 1.54) is 33.3 Å². The normalized spacial score (nSPS) is 12.0. The molecular formula is C15H15ClN4O3S. The Balaban J connectivity index is 2.13. The third kappa shape index (κ3) is 2.83. The summed E-state index contributed by atoms with van der Waals surface area (Å²) in [5.41, 5.74) is 1.90. The predicted molar refractivity (Wildman–Crippen MR) is 90.9 cm³/mol. The number of halogens is 1. The lowest BCUT2D eigenvalue weighted by Gasteiger charge is -2.13. The first kappa shape index (κ1) is 16.7. The molecule has 0 atom stereocenters. The van der Waals surface area contributed by atoms with Crippen molar-refractivity contribution in [3.05, 3.63) is 41.7 Å². The van der Waals surface area contributed by atoms with Crippen LogP contribution in [0, 0.1) is 0 Å².